The molecule has 1 heterocycles. The van der Waals surface area contributed by atoms with Gasteiger partial charge >= 0.3 is 0 Å². The minimum Gasteiger partial charge on any atom is -0.360 e. The lowest BCUT2D eigenvalue weighted by molar-refractivity contribution is -0.123. The van der Waals surface area contributed by atoms with Crippen molar-refractivity contribution in [3.8, 4) is 12.3 Å². The predicted molar refractivity (Wildman–Crippen MR) is 132 cm³/mol. The van der Waals surface area contributed by atoms with E-state index in [9.17, 15) is 4.79 Å². The minimum atomic E-state index is -0.186. The topological polar surface area (TPSA) is 67.2 Å². The van der Waals surface area contributed by atoms with Gasteiger partial charge in [-0.1, -0.05) is 54.5 Å². The maximum Gasteiger partial charge on any atom is 0.227 e. The van der Waals surface area contributed by atoms with Crippen LogP contribution in [0.15, 0.2) is 58.7 Å². The fourth-order valence-electron chi connectivity index (χ4n) is 2.62. The van der Waals surface area contributed by atoms with Gasteiger partial charge in [-0.25, -0.2) is 0 Å². The Bertz CT molecular complexity index is 800. The smallest absolute Gasteiger partial charge is 0.227 e. The molecule has 0 spiro atoms. The highest BCUT2D eigenvalue weighted by Crippen LogP contribution is 2.17. The molecule has 0 aromatic carbocycles. The molecule has 0 aliphatic rings. The zero-order valence-electron chi connectivity index (χ0n) is 18.9. The SMILES string of the molecule is C#CC(/C=C\CNCCCNC(=O)C(/C=C\C=C/C)CSCc1cc(C)no1)=C/CC. The van der Waals surface area contributed by atoms with Crippen molar-refractivity contribution in [2.75, 3.05) is 25.4 Å². The first-order valence-corrected chi connectivity index (χ1v) is 11.9. The highest BCUT2D eigenvalue weighted by molar-refractivity contribution is 7.98. The molecule has 2 N–H and O–H groups in total. The second kappa shape index (κ2) is 17.2. The number of aryl methyl sites for hydroxylation is 1. The zero-order valence-corrected chi connectivity index (χ0v) is 19.7. The number of hydrogen-bond donors (Lipinski definition) is 2. The molecule has 0 radical (unpaired) electrons. The molecule has 0 saturated heterocycles. The maximum atomic E-state index is 12.6. The van der Waals surface area contributed by atoms with Crippen molar-refractivity contribution in [1.29, 1.82) is 0 Å². The highest BCUT2D eigenvalue weighted by Gasteiger charge is 2.15. The van der Waals surface area contributed by atoms with Gasteiger partial charge in [-0.15, -0.1) is 6.42 Å². The molecule has 1 rings (SSSR count). The van der Waals surface area contributed by atoms with Crippen molar-refractivity contribution in [1.82, 2.24) is 15.8 Å². The Balaban J connectivity index is 2.32. The quantitative estimate of drug-likeness (QED) is 0.237. The van der Waals surface area contributed by atoms with Gasteiger partial charge in [0.1, 0.15) is 5.76 Å². The maximum absolute atomic E-state index is 12.6. The van der Waals surface area contributed by atoms with E-state index in [1.807, 2.05) is 62.4 Å². The summed E-state index contributed by atoms with van der Waals surface area (Å²) >= 11 is 1.67. The summed E-state index contributed by atoms with van der Waals surface area (Å²) in [4.78, 5) is 12.6. The summed E-state index contributed by atoms with van der Waals surface area (Å²) in [6, 6.07) is 1.92. The lowest BCUT2D eigenvalue weighted by Crippen LogP contribution is -2.33. The van der Waals surface area contributed by atoms with Gasteiger partial charge in [-0.3, -0.25) is 4.79 Å². The van der Waals surface area contributed by atoms with Crippen LogP contribution in [-0.2, 0) is 10.5 Å². The highest BCUT2D eigenvalue weighted by atomic mass is 32.2. The van der Waals surface area contributed by atoms with Crippen LogP contribution in [0.4, 0.5) is 0 Å². The third-order valence-electron chi connectivity index (χ3n) is 4.18. The van der Waals surface area contributed by atoms with Gasteiger partial charge in [0.15, 0.2) is 0 Å². The Morgan fingerprint density at radius 3 is 2.90 bits per heavy atom. The van der Waals surface area contributed by atoms with Gasteiger partial charge in [0.05, 0.1) is 17.4 Å². The van der Waals surface area contributed by atoms with Crippen LogP contribution in [0.25, 0.3) is 0 Å². The van der Waals surface area contributed by atoms with Crippen LogP contribution in [0.2, 0.25) is 0 Å². The molecule has 1 unspecified atom stereocenters. The molecular weight excluding hydrogens is 406 g/mol. The van der Waals surface area contributed by atoms with Crippen LogP contribution in [-0.4, -0.2) is 36.5 Å². The number of thioether (sulfide) groups is 1. The summed E-state index contributed by atoms with van der Waals surface area (Å²) in [6.45, 7) is 8.14. The predicted octanol–water partition coefficient (Wildman–Crippen LogP) is 4.59. The van der Waals surface area contributed by atoms with Crippen molar-refractivity contribution in [3.05, 3.63) is 65.6 Å². The number of aromatic nitrogens is 1. The summed E-state index contributed by atoms with van der Waals surface area (Å²) < 4.78 is 5.23. The van der Waals surface area contributed by atoms with Crippen molar-refractivity contribution >= 4 is 17.7 Å². The van der Waals surface area contributed by atoms with E-state index in [0.717, 1.165) is 43.0 Å². The van der Waals surface area contributed by atoms with E-state index in [0.29, 0.717) is 18.1 Å². The molecule has 1 amide bonds. The number of terminal acetylenes is 1. The first-order valence-electron chi connectivity index (χ1n) is 10.7. The van der Waals surface area contributed by atoms with Crippen molar-refractivity contribution < 1.29 is 9.32 Å². The van der Waals surface area contributed by atoms with Gasteiger partial charge in [-0.2, -0.15) is 11.8 Å². The molecule has 31 heavy (non-hydrogen) atoms. The summed E-state index contributed by atoms with van der Waals surface area (Å²) in [5, 5.41) is 10.3. The summed E-state index contributed by atoms with van der Waals surface area (Å²) in [7, 11) is 0. The Morgan fingerprint density at radius 2 is 2.23 bits per heavy atom. The molecule has 0 saturated carbocycles. The number of hydrogen-bond acceptors (Lipinski definition) is 5. The monoisotopic (exact) mass is 441 g/mol. The lowest BCUT2D eigenvalue weighted by Gasteiger charge is -2.13. The number of rotatable bonds is 15. The number of amides is 1. The fraction of sp³-hybridized carbons (Fsp3) is 0.440. The van der Waals surface area contributed by atoms with Crippen LogP contribution in [0.3, 0.4) is 0 Å². The summed E-state index contributed by atoms with van der Waals surface area (Å²) in [5.41, 5.74) is 1.78. The van der Waals surface area contributed by atoms with Gasteiger partial charge in [0.2, 0.25) is 5.91 Å². The molecular formula is C25H35N3O2S. The van der Waals surface area contributed by atoms with Crippen LogP contribution in [0, 0.1) is 25.2 Å². The van der Waals surface area contributed by atoms with E-state index in [1.54, 1.807) is 11.8 Å². The second-order valence-electron chi connectivity index (χ2n) is 6.93. The fourth-order valence-corrected chi connectivity index (χ4v) is 3.59. The number of carbonyl (C=O) groups excluding carboxylic acids is 1. The van der Waals surface area contributed by atoms with Crippen LogP contribution in [0.1, 0.15) is 38.1 Å². The second-order valence-corrected chi connectivity index (χ2v) is 7.96. The molecule has 0 bridgehead atoms. The third-order valence-corrected chi connectivity index (χ3v) is 5.27. The number of carbonyl (C=O) groups is 1. The van der Waals surface area contributed by atoms with Crippen LogP contribution >= 0.6 is 11.8 Å². The Labute approximate surface area is 191 Å². The molecule has 1 atom stereocenters. The molecule has 0 aliphatic heterocycles. The first kappa shape index (κ1) is 26.5. The van der Waals surface area contributed by atoms with E-state index < -0.39 is 0 Å². The molecule has 0 aliphatic carbocycles. The zero-order chi connectivity index (χ0) is 22.7. The van der Waals surface area contributed by atoms with Gasteiger partial charge in [-0.05, 0) is 39.3 Å². The largest absolute Gasteiger partial charge is 0.360 e. The molecule has 1 aromatic rings. The minimum absolute atomic E-state index is 0.0465. The summed E-state index contributed by atoms with van der Waals surface area (Å²) in [6.07, 6.45) is 21.0. The average molecular weight is 442 g/mol. The van der Waals surface area contributed by atoms with Crippen LogP contribution in [0.5, 0.6) is 0 Å². The standard InChI is InChI=1S/C25H35N3O2S/c1-5-8-9-14-23(19-31-20-24-18-21(4)28-30-24)25(29)27-17-11-16-26-15-10-13-22(7-3)12-6-2/h3,5,8-10,12-14,18,23,26H,6,11,15-17,19-20H2,1-2,4H3,(H,27,29)/b8-5-,13-10-,14-9-,22-12-. The Hall–Kier alpha value is -2.49. The Kier molecular flexibility index (Phi) is 14.7. The van der Waals surface area contributed by atoms with E-state index in [1.165, 1.54) is 0 Å². The Morgan fingerprint density at radius 1 is 1.39 bits per heavy atom. The van der Waals surface area contributed by atoms with E-state index in [-0.39, 0.29) is 11.8 Å². The number of allylic oxidation sites excluding steroid dienone is 6. The molecule has 0 fully saturated rings. The summed E-state index contributed by atoms with van der Waals surface area (Å²) in [5.74, 6) is 4.74. The first-order chi connectivity index (χ1) is 15.1. The van der Waals surface area contributed by atoms with Crippen molar-refractivity contribution in [3.63, 3.8) is 0 Å². The molecule has 6 heteroatoms. The molecule has 1 aromatic heterocycles. The van der Waals surface area contributed by atoms with Crippen molar-refractivity contribution in [2.24, 2.45) is 5.92 Å². The van der Waals surface area contributed by atoms with Crippen molar-refractivity contribution in [2.45, 2.75) is 39.4 Å². The van der Waals surface area contributed by atoms with Gasteiger partial charge in [0.25, 0.3) is 0 Å². The van der Waals surface area contributed by atoms with Crippen LogP contribution < -0.4 is 10.6 Å². The molecule has 5 nitrogen and oxygen atoms in total. The number of nitrogens with zero attached hydrogens (tertiary/aromatic N) is 1. The average Bonchev–Trinajstić information content (AvgIpc) is 3.18. The lowest BCUT2D eigenvalue weighted by atomic mass is 10.1. The van der Waals surface area contributed by atoms with E-state index >= 15 is 0 Å². The van der Waals surface area contributed by atoms with Gasteiger partial charge in [0, 0.05) is 30.5 Å². The molecule has 168 valence electrons. The van der Waals surface area contributed by atoms with Gasteiger partial charge < -0.3 is 15.2 Å². The normalized spacial score (nSPS) is 13.3. The van der Waals surface area contributed by atoms with E-state index in [4.69, 9.17) is 10.9 Å². The van der Waals surface area contributed by atoms with E-state index in [2.05, 4.69) is 28.6 Å². The number of nitrogens with one attached hydrogen (secondary N) is 2. The third kappa shape index (κ3) is 12.7.